The molecule has 0 spiro atoms. The monoisotopic (exact) mass is 433 g/mol. The van der Waals surface area contributed by atoms with Crippen LogP contribution in [0.1, 0.15) is 33.6 Å². The fraction of sp³-hybridized carbons (Fsp3) is 0.200. The van der Waals surface area contributed by atoms with E-state index >= 15 is 0 Å². The van der Waals surface area contributed by atoms with E-state index in [1.54, 1.807) is 23.5 Å². The van der Waals surface area contributed by atoms with Crippen LogP contribution in [-0.4, -0.2) is 27.4 Å². The highest BCUT2D eigenvalue weighted by molar-refractivity contribution is 7.12. The van der Waals surface area contributed by atoms with E-state index in [9.17, 15) is 9.50 Å². The number of aromatic nitrogens is 1. The van der Waals surface area contributed by atoms with E-state index in [2.05, 4.69) is 18.7 Å². The smallest absolute Gasteiger partial charge is 0.165 e. The lowest BCUT2D eigenvalue weighted by molar-refractivity contribution is 0.428. The number of para-hydroxylation sites is 1. The average molecular weight is 434 g/mol. The molecule has 0 amide bonds. The number of hydrogen-bond acceptors (Lipinski definition) is 5. The third-order valence-electron chi connectivity index (χ3n) is 5.44. The van der Waals surface area contributed by atoms with Gasteiger partial charge >= 0.3 is 0 Å². The molecule has 0 atom stereocenters. The SMILES string of the molecule is C=C1C(c2nc(C)c(C)s2)=C(C)N=C(c2cccc(F)c2O)N1CCc1ccccc1. The van der Waals surface area contributed by atoms with Gasteiger partial charge in [-0.1, -0.05) is 43.0 Å². The number of aromatic hydroxyl groups is 1. The molecule has 2 heterocycles. The number of halogens is 1. The summed E-state index contributed by atoms with van der Waals surface area (Å²) in [5.74, 6) is -0.590. The zero-order valence-electron chi connectivity index (χ0n) is 17.8. The highest BCUT2D eigenvalue weighted by Crippen LogP contribution is 2.38. The molecule has 0 bridgehead atoms. The molecule has 31 heavy (non-hydrogen) atoms. The number of allylic oxidation sites excluding steroid dienone is 2. The van der Waals surface area contributed by atoms with Crippen LogP contribution in [0.4, 0.5) is 4.39 Å². The van der Waals surface area contributed by atoms with Crippen LogP contribution in [0, 0.1) is 19.7 Å². The quantitative estimate of drug-likeness (QED) is 0.549. The lowest BCUT2D eigenvalue weighted by Gasteiger charge is -2.33. The summed E-state index contributed by atoms with van der Waals surface area (Å²) >= 11 is 1.61. The third-order valence-corrected chi connectivity index (χ3v) is 6.53. The van der Waals surface area contributed by atoms with Crippen molar-refractivity contribution in [3.8, 4) is 5.75 Å². The molecule has 0 fully saturated rings. The third kappa shape index (κ3) is 4.03. The minimum Gasteiger partial charge on any atom is -0.504 e. The van der Waals surface area contributed by atoms with Gasteiger partial charge in [-0.15, -0.1) is 11.3 Å². The molecule has 0 unspecified atom stereocenters. The van der Waals surface area contributed by atoms with Crippen molar-refractivity contribution in [3.63, 3.8) is 0 Å². The number of aliphatic imine (C=N–C) groups is 1. The van der Waals surface area contributed by atoms with Crippen molar-refractivity contribution in [1.29, 1.82) is 0 Å². The first-order valence-electron chi connectivity index (χ1n) is 10.1. The van der Waals surface area contributed by atoms with Gasteiger partial charge < -0.3 is 10.0 Å². The summed E-state index contributed by atoms with van der Waals surface area (Å²) < 4.78 is 14.1. The molecule has 4 rings (SSSR count). The molecule has 158 valence electrons. The molecule has 0 saturated heterocycles. The van der Waals surface area contributed by atoms with Gasteiger partial charge in [0.25, 0.3) is 0 Å². The van der Waals surface area contributed by atoms with Crippen LogP contribution >= 0.6 is 11.3 Å². The molecule has 6 heteroatoms. The molecule has 1 aliphatic heterocycles. The maximum atomic E-state index is 14.1. The van der Waals surface area contributed by atoms with E-state index < -0.39 is 11.6 Å². The summed E-state index contributed by atoms with van der Waals surface area (Å²) in [7, 11) is 0. The van der Waals surface area contributed by atoms with Gasteiger partial charge in [0, 0.05) is 17.1 Å². The first-order valence-corrected chi connectivity index (χ1v) is 10.9. The van der Waals surface area contributed by atoms with Gasteiger partial charge in [-0.2, -0.15) is 0 Å². The summed E-state index contributed by atoms with van der Waals surface area (Å²) in [5.41, 5.74) is 4.88. The first-order chi connectivity index (χ1) is 14.9. The molecule has 0 radical (unpaired) electrons. The molecule has 0 aliphatic carbocycles. The Labute approximate surface area is 185 Å². The summed E-state index contributed by atoms with van der Waals surface area (Å²) in [5, 5.41) is 11.3. The molecule has 1 aliphatic rings. The maximum Gasteiger partial charge on any atom is 0.165 e. The number of aryl methyl sites for hydroxylation is 2. The summed E-state index contributed by atoms with van der Waals surface area (Å²) in [4.78, 5) is 12.6. The van der Waals surface area contributed by atoms with Crippen molar-refractivity contribution in [3.05, 3.63) is 99.0 Å². The van der Waals surface area contributed by atoms with E-state index in [1.807, 2.05) is 43.9 Å². The zero-order valence-corrected chi connectivity index (χ0v) is 18.6. The predicted octanol–water partition coefficient (Wildman–Crippen LogP) is 5.85. The fourth-order valence-electron chi connectivity index (χ4n) is 3.63. The maximum absolute atomic E-state index is 14.1. The largest absolute Gasteiger partial charge is 0.504 e. The van der Waals surface area contributed by atoms with Crippen LogP contribution in [0.5, 0.6) is 5.75 Å². The molecule has 4 nitrogen and oxygen atoms in total. The van der Waals surface area contributed by atoms with Gasteiger partial charge in [0.2, 0.25) is 0 Å². The highest BCUT2D eigenvalue weighted by Gasteiger charge is 2.29. The Bertz CT molecular complexity index is 1190. The summed E-state index contributed by atoms with van der Waals surface area (Å²) in [6, 6.07) is 14.6. The Morgan fingerprint density at radius 3 is 2.48 bits per heavy atom. The van der Waals surface area contributed by atoms with Crippen molar-refractivity contribution in [1.82, 2.24) is 9.88 Å². The molecule has 1 N–H and O–H groups in total. The van der Waals surface area contributed by atoms with E-state index in [4.69, 9.17) is 9.98 Å². The van der Waals surface area contributed by atoms with Gasteiger partial charge in [0.15, 0.2) is 11.6 Å². The van der Waals surface area contributed by atoms with Gasteiger partial charge in [-0.25, -0.2) is 14.4 Å². The molecular formula is C25H24FN3OS. The molecule has 2 aromatic carbocycles. The Morgan fingerprint density at radius 2 is 1.81 bits per heavy atom. The van der Waals surface area contributed by atoms with Crippen LogP contribution in [0.2, 0.25) is 0 Å². The van der Waals surface area contributed by atoms with Crippen LogP contribution in [-0.2, 0) is 6.42 Å². The Morgan fingerprint density at radius 1 is 1.06 bits per heavy atom. The first kappa shape index (κ1) is 21.0. The van der Waals surface area contributed by atoms with E-state index in [1.165, 1.54) is 11.6 Å². The lowest BCUT2D eigenvalue weighted by atomic mass is 10.0. The summed E-state index contributed by atoms with van der Waals surface area (Å²) in [6.07, 6.45) is 0.747. The molecule has 0 saturated carbocycles. The van der Waals surface area contributed by atoms with E-state index in [0.717, 1.165) is 39.0 Å². The standard InChI is InChI=1S/C25H24FN3OS/c1-15-18(4)31-25(28-15)22-16(2)27-24(20-11-8-12-21(26)23(20)30)29(17(22)3)14-13-19-9-6-5-7-10-19/h5-12,30H,3,13-14H2,1-2,4H3. The van der Waals surface area contributed by atoms with Gasteiger partial charge in [0.05, 0.1) is 22.5 Å². The van der Waals surface area contributed by atoms with Crippen LogP contribution in [0.3, 0.4) is 0 Å². The number of rotatable bonds is 5. The number of hydrogen-bond donors (Lipinski definition) is 1. The Kier molecular flexibility index (Phi) is 5.74. The molecule has 1 aromatic heterocycles. The highest BCUT2D eigenvalue weighted by atomic mass is 32.1. The zero-order chi connectivity index (χ0) is 22.1. The second kappa shape index (κ2) is 8.47. The normalized spacial score (nSPS) is 14.3. The van der Waals surface area contributed by atoms with Crippen molar-refractivity contribution in [2.75, 3.05) is 6.54 Å². The lowest BCUT2D eigenvalue weighted by Crippen LogP contribution is -2.35. The van der Waals surface area contributed by atoms with Crippen LogP contribution in [0.15, 0.2) is 71.5 Å². The number of amidine groups is 1. The van der Waals surface area contributed by atoms with Gasteiger partial charge in [-0.3, -0.25) is 0 Å². The molecule has 3 aromatic rings. The summed E-state index contributed by atoms with van der Waals surface area (Å²) in [6.45, 7) is 10.9. The fourth-order valence-corrected chi connectivity index (χ4v) is 4.67. The predicted molar refractivity (Wildman–Crippen MR) is 125 cm³/mol. The second-order valence-corrected chi connectivity index (χ2v) is 8.73. The van der Waals surface area contributed by atoms with E-state index in [0.29, 0.717) is 17.9 Å². The van der Waals surface area contributed by atoms with E-state index in [-0.39, 0.29) is 0 Å². The number of phenolic OH excluding ortho intramolecular Hbond substituents is 1. The van der Waals surface area contributed by atoms with Gasteiger partial charge in [0.1, 0.15) is 10.8 Å². The second-order valence-electron chi connectivity index (χ2n) is 7.53. The minimum absolute atomic E-state index is 0.346. The average Bonchev–Trinajstić information content (AvgIpc) is 3.07. The van der Waals surface area contributed by atoms with Crippen molar-refractivity contribution < 1.29 is 9.50 Å². The Hall–Kier alpha value is -3.25. The minimum atomic E-state index is -0.674. The topological polar surface area (TPSA) is 48.7 Å². The Balaban J connectivity index is 1.80. The number of phenols is 1. The van der Waals surface area contributed by atoms with Crippen molar-refractivity contribution in [2.45, 2.75) is 27.2 Å². The molecular weight excluding hydrogens is 409 g/mol. The van der Waals surface area contributed by atoms with Crippen molar-refractivity contribution >= 4 is 22.7 Å². The number of nitrogens with zero attached hydrogens (tertiary/aromatic N) is 3. The number of thiazole rings is 1. The van der Waals surface area contributed by atoms with Crippen LogP contribution in [0.25, 0.3) is 5.57 Å². The number of benzene rings is 2. The van der Waals surface area contributed by atoms with Gasteiger partial charge in [-0.05, 0) is 44.9 Å². The van der Waals surface area contributed by atoms with Crippen LogP contribution < -0.4 is 0 Å². The van der Waals surface area contributed by atoms with Crippen molar-refractivity contribution in [2.24, 2.45) is 4.99 Å².